The van der Waals surface area contributed by atoms with Gasteiger partial charge in [-0.15, -0.1) is 0 Å². The molecule has 3 aromatic heterocycles. The molecule has 0 amide bonds. The van der Waals surface area contributed by atoms with E-state index in [1.165, 1.54) is 12.3 Å². The van der Waals surface area contributed by atoms with Crippen LogP contribution >= 0.6 is 0 Å². The number of rotatable bonds is 11. The lowest BCUT2D eigenvalue weighted by Gasteiger charge is -2.13. The molecule has 0 aliphatic carbocycles. The van der Waals surface area contributed by atoms with Crippen LogP contribution in [-0.2, 0) is 27.4 Å². The molecule has 6 rings (SSSR count). The highest BCUT2D eigenvalue weighted by atomic mass is 16.8. The monoisotopic (exact) mass is 611 g/mol. The average Bonchev–Trinajstić information content (AvgIpc) is 3.81. The number of aromatic amines is 1. The maximum Gasteiger partial charge on any atom is 0.511 e. The predicted octanol–water partition coefficient (Wildman–Crippen LogP) is 4.95. The molecule has 0 unspecified atom stereocenters. The zero-order valence-electron chi connectivity index (χ0n) is 23.8. The van der Waals surface area contributed by atoms with Crippen molar-refractivity contribution in [2.24, 2.45) is 0 Å². The summed E-state index contributed by atoms with van der Waals surface area (Å²) in [5, 5.41) is 7.34. The number of hydrogen-bond donors (Lipinski definition) is 1. The summed E-state index contributed by atoms with van der Waals surface area (Å²) >= 11 is 0. The van der Waals surface area contributed by atoms with Crippen LogP contribution in [0.5, 0.6) is 6.01 Å². The smallest absolute Gasteiger partial charge is 0.465 e. The van der Waals surface area contributed by atoms with Crippen molar-refractivity contribution in [1.29, 1.82) is 0 Å². The van der Waals surface area contributed by atoms with Crippen molar-refractivity contribution >= 4 is 23.2 Å². The lowest BCUT2D eigenvalue weighted by Crippen LogP contribution is -2.15. The third-order valence-electron chi connectivity index (χ3n) is 6.64. The van der Waals surface area contributed by atoms with E-state index < -0.39 is 24.7 Å². The minimum atomic E-state index is -1.04. The van der Waals surface area contributed by atoms with Gasteiger partial charge in [0.15, 0.2) is 18.2 Å². The zero-order valence-corrected chi connectivity index (χ0v) is 23.8. The molecular formula is C31H25N5O9. The van der Waals surface area contributed by atoms with Gasteiger partial charge in [-0.25, -0.2) is 14.4 Å². The second kappa shape index (κ2) is 13.0. The predicted molar refractivity (Wildman–Crippen MR) is 156 cm³/mol. The minimum Gasteiger partial charge on any atom is -0.465 e. The summed E-state index contributed by atoms with van der Waals surface area (Å²) in [4.78, 5) is 43.7. The second-order valence-corrected chi connectivity index (χ2v) is 9.48. The number of ether oxygens (including phenoxy) is 4. The number of aromatic nitrogens is 5. The summed E-state index contributed by atoms with van der Waals surface area (Å²) in [6.45, 7) is 1.67. The molecule has 1 N–H and O–H groups in total. The van der Waals surface area contributed by atoms with E-state index in [4.69, 9.17) is 23.5 Å². The van der Waals surface area contributed by atoms with E-state index in [2.05, 4.69) is 24.8 Å². The van der Waals surface area contributed by atoms with Crippen LogP contribution in [-0.4, -0.2) is 50.4 Å². The van der Waals surface area contributed by atoms with Crippen LogP contribution in [0.3, 0.4) is 0 Å². The Bertz CT molecular complexity index is 1990. The number of H-pyrrole nitrogens is 1. The van der Waals surface area contributed by atoms with Gasteiger partial charge in [-0.2, -0.15) is 4.98 Å². The number of carbonyl (C=O) groups is 2. The number of nitrogens with zero attached hydrogens (tertiary/aromatic N) is 4. The van der Waals surface area contributed by atoms with Crippen LogP contribution in [0, 0.1) is 0 Å². The molecule has 0 radical (unpaired) electrons. The lowest BCUT2D eigenvalue weighted by atomic mass is 9.98. The van der Waals surface area contributed by atoms with E-state index in [0.29, 0.717) is 47.3 Å². The summed E-state index contributed by atoms with van der Waals surface area (Å²) in [5.74, 6) is -0.701. The topological polar surface area (TPSA) is 174 Å². The molecule has 3 aromatic carbocycles. The van der Waals surface area contributed by atoms with Gasteiger partial charge < -0.3 is 23.5 Å². The molecule has 0 aliphatic rings. The molecule has 0 saturated carbocycles. The van der Waals surface area contributed by atoms with Gasteiger partial charge in [0, 0.05) is 11.6 Å². The number of nitrogens with one attached hydrogen (secondary N) is 1. The first-order chi connectivity index (χ1) is 22.0. The first-order valence-electron chi connectivity index (χ1n) is 13.7. The molecule has 3 heterocycles. The molecule has 45 heavy (non-hydrogen) atoms. The van der Waals surface area contributed by atoms with E-state index in [9.17, 15) is 14.4 Å². The highest BCUT2D eigenvalue weighted by Gasteiger charge is 2.21. The largest absolute Gasteiger partial charge is 0.511 e. The number of benzene rings is 3. The second-order valence-electron chi connectivity index (χ2n) is 9.48. The fraction of sp³-hybridized carbons (Fsp3) is 0.161. The van der Waals surface area contributed by atoms with E-state index in [0.717, 1.165) is 16.7 Å². The Morgan fingerprint density at radius 1 is 0.911 bits per heavy atom. The minimum absolute atomic E-state index is 0.179. The van der Waals surface area contributed by atoms with Crippen LogP contribution in [0.2, 0.25) is 0 Å². The van der Waals surface area contributed by atoms with Gasteiger partial charge in [0.2, 0.25) is 6.79 Å². The fourth-order valence-corrected chi connectivity index (χ4v) is 4.67. The number of carbonyl (C=O) groups excluding carboxylic acids is 2. The first kappa shape index (κ1) is 28.9. The molecule has 0 bridgehead atoms. The van der Waals surface area contributed by atoms with Crippen molar-refractivity contribution in [2.45, 2.75) is 20.1 Å². The Labute approximate surface area is 254 Å². The Kier molecular flexibility index (Phi) is 8.35. The Balaban J connectivity index is 1.21. The average molecular weight is 612 g/mol. The Hall–Kier alpha value is -6.18. The quantitative estimate of drug-likeness (QED) is 0.154. The molecule has 0 saturated heterocycles. The molecule has 0 fully saturated rings. The summed E-state index contributed by atoms with van der Waals surface area (Å²) in [6.07, 6.45) is 0.372. The molecule has 14 heteroatoms. The third-order valence-corrected chi connectivity index (χ3v) is 6.64. The fourth-order valence-electron chi connectivity index (χ4n) is 4.67. The zero-order chi connectivity index (χ0) is 31.2. The molecular weight excluding hydrogens is 586 g/mol. The van der Waals surface area contributed by atoms with Crippen LogP contribution in [0.4, 0.5) is 4.79 Å². The first-order valence-corrected chi connectivity index (χ1v) is 13.7. The summed E-state index contributed by atoms with van der Waals surface area (Å²) in [6, 6.07) is 22.2. The van der Waals surface area contributed by atoms with Crippen LogP contribution in [0.15, 0.2) is 92.8 Å². The van der Waals surface area contributed by atoms with Gasteiger partial charge >= 0.3 is 17.9 Å². The van der Waals surface area contributed by atoms with Crippen LogP contribution < -0.4 is 10.5 Å². The Morgan fingerprint density at radius 2 is 1.73 bits per heavy atom. The van der Waals surface area contributed by atoms with Gasteiger partial charge in [0.05, 0.1) is 35.9 Å². The van der Waals surface area contributed by atoms with Gasteiger partial charge in [-0.3, -0.25) is 14.1 Å². The maximum atomic E-state index is 13.1. The number of fused-ring (bicyclic) bond motifs is 1. The van der Waals surface area contributed by atoms with Crippen molar-refractivity contribution in [3.63, 3.8) is 0 Å². The van der Waals surface area contributed by atoms with E-state index in [1.807, 2.05) is 55.5 Å². The van der Waals surface area contributed by atoms with Crippen LogP contribution in [0.25, 0.3) is 33.5 Å². The highest BCUT2D eigenvalue weighted by Crippen LogP contribution is 2.31. The SMILES string of the molecule is CCOc1nc2cccc(C(=O)OCOC(=O)OCc3ccno3)c2n1Cc1ccc(-c2ccccc2-c2noc(=O)[nH]2)cc1. The summed E-state index contributed by atoms with van der Waals surface area (Å²) in [7, 11) is 0. The third kappa shape index (κ3) is 6.44. The van der Waals surface area contributed by atoms with Gasteiger partial charge in [0.1, 0.15) is 0 Å². The standard InChI is InChI=1S/C31H25N5O9/c1-2-40-29-33-25-9-5-8-24(28(37)42-18-43-31(39)41-17-21-14-15-32-44-21)26(25)36(29)16-19-10-12-20(13-11-19)22-6-3-4-7-23(22)27-34-30(38)45-35-27/h3-15H,2,16-18H2,1H3,(H,34,35,38). The van der Waals surface area contributed by atoms with E-state index in [-0.39, 0.29) is 12.2 Å². The van der Waals surface area contributed by atoms with Crippen molar-refractivity contribution in [1.82, 2.24) is 24.8 Å². The van der Waals surface area contributed by atoms with E-state index >= 15 is 0 Å². The maximum absolute atomic E-state index is 13.1. The highest BCUT2D eigenvalue weighted by molar-refractivity contribution is 6.02. The molecule has 0 spiro atoms. The van der Waals surface area contributed by atoms with Gasteiger partial charge in [-0.1, -0.05) is 64.9 Å². The normalized spacial score (nSPS) is 11.0. The molecule has 228 valence electrons. The van der Waals surface area contributed by atoms with Crippen molar-refractivity contribution in [2.75, 3.05) is 13.4 Å². The Morgan fingerprint density at radius 3 is 2.47 bits per heavy atom. The van der Waals surface area contributed by atoms with Gasteiger partial charge in [-0.05, 0) is 35.7 Å². The van der Waals surface area contributed by atoms with Gasteiger partial charge in [0.25, 0.3) is 6.01 Å². The number of para-hydroxylation sites is 1. The number of hydrogen-bond acceptors (Lipinski definition) is 12. The van der Waals surface area contributed by atoms with E-state index in [1.54, 1.807) is 22.8 Å². The molecule has 14 nitrogen and oxygen atoms in total. The molecule has 6 aromatic rings. The van der Waals surface area contributed by atoms with Crippen molar-refractivity contribution < 1.29 is 37.6 Å². The van der Waals surface area contributed by atoms with Crippen LogP contribution in [0.1, 0.15) is 28.6 Å². The van der Waals surface area contributed by atoms with Crippen molar-refractivity contribution in [3.8, 4) is 28.5 Å². The summed E-state index contributed by atoms with van der Waals surface area (Å²) < 4.78 is 32.1. The molecule has 0 atom stereocenters. The number of imidazole rings is 1. The van der Waals surface area contributed by atoms with Crippen molar-refractivity contribution in [3.05, 3.63) is 106 Å². The lowest BCUT2D eigenvalue weighted by molar-refractivity contribution is -0.0309. The number of esters is 1. The summed E-state index contributed by atoms with van der Waals surface area (Å²) in [5.41, 5.74) is 4.57. The molecule has 0 aliphatic heterocycles.